The standard InChI is InChI=1S/C15H21ClN4O3/c1-15(2,3)23-14(22)19-6-8-20(9-7-19)18-13(21)12-5-4-11(16)10-17-12/h4-5,10H,6-9H2,1-3H3,(H,18,21). The smallest absolute Gasteiger partial charge is 0.410 e. The summed E-state index contributed by atoms with van der Waals surface area (Å²) in [6.45, 7) is 7.53. The van der Waals surface area contributed by atoms with Gasteiger partial charge >= 0.3 is 6.09 Å². The van der Waals surface area contributed by atoms with E-state index in [1.807, 2.05) is 20.8 Å². The Hall–Kier alpha value is -1.86. The number of aromatic nitrogens is 1. The highest BCUT2D eigenvalue weighted by Gasteiger charge is 2.26. The number of nitrogens with zero attached hydrogens (tertiary/aromatic N) is 3. The van der Waals surface area contributed by atoms with Gasteiger partial charge in [0.1, 0.15) is 11.3 Å². The normalized spacial score (nSPS) is 16.1. The lowest BCUT2D eigenvalue weighted by Crippen LogP contribution is -2.55. The van der Waals surface area contributed by atoms with Gasteiger partial charge in [0.25, 0.3) is 5.91 Å². The third kappa shape index (κ3) is 5.37. The number of hydrogen-bond donors (Lipinski definition) is 1. The minimum atomic E-state index is -0.511. The van der Waals surface area contributed by atoms with E-state index in [4.69, 9.17) is 16.3 Å². The number of halogens is 1. The zero-order chi connectivity index (χ0) is 17.0. The van der Waals surface area contributed by atoms with E-state index >= 15 is 0 Å². The van der Waals surface area contributed by atoms with Crippen LogP contribution < -0.4 is 5.43 Å². The lowest BCUT2D eigenvalue weighted by molar-refractivity contribution is 0.00971. The summed E-state index contributed by atoms with van der Waals surface area (Å²) in [5.41, 5.74) is 2.56. The number of amides is 2. The number of hydrazine groups is 1. The molecule has 8 heteroatoms. The molecule has 126 valence electrons. The van der Waals surface area contributed by atoms with Crippen LogP contribution in [0.2, 0.25) is 5.02 Å². The van der Waals surface area contributed by atoms with Crippen LogP contribution in [-0.4, -0.2) is 58.7 Å². The molecule has 1 saturated heterocycles. The summed E-state index contributed by atoms with van der Waals surface area (Å²) < 4.78 is 5.33. The average molecular weight is 341 g/mol. The van der Waals surface area contributed by atoms with Crippen molar-refractivity contribution in [2.75, 3.05) is 26.2 Å². The van der Waals surface area contributed by atoms with Crippen LogP contribution in [0.25, 0.3) is 0 Å². The molecule has 0 atom stereocenters. The van der Waals surface area contributed by atoms with Gasteiger partial charge in [-0.3, -0.25) is 10.2 Å². The molecule has 1 aliphatic rings. The number of ether oxygens (including phenoxy) is 1. The van der Waals surface area contributed by atoms with Crippen molar-refractivity contribution in [2.45, 2.75) is 26.4 Å². The second-order valence-electron chi connectivity index (χ2n) is 6.26. The second-order valence-corrected chi connectivity index (χ2v) is 6.69. The summed E-state index contributed by atoms with van der Waals surface area (Å²) in [5.74, 6) is -0.299. The van der Waals surface area contributed by atoms with E-state index in [9.17, 15) is 9.59 Å². The highest BCUT2D eigenvalue weighted by atomic mass is 35.5. The molecule has 0 bridgehead atoms. The summed E-state index contributed by atoms with van der Waals surface area (Å²) in [6.07, 6.45) is 1.10. The van der Waals surface area contributed by atoms with Crippen molar-refractivity contribution in [3.05, 3.63) is 29.0 Å². The first-order valence-corrected chi connectivity index (χ1v) is 7.78. The predicted molar refractivity (Wildman–Crippen MR) is 86.1 cm³/mol. The molecular formula is C15H21ClN4O3. The van der Waals surface area contributed by atoms with E-state index in [0.717, 1.165) is 0 Å². The van der Waals surface area contributed by atoms with Gasteiger partial charge in [0, 0.05) is 32.4 Å². The fraction of sp³-hybridized carbons (Fsp3) is 0.533. The maximum atomic E-state index is 12.1. The molecule has 2 rings (SSSR count). The summed E-state index contributed by atoms with van der Waals surface area (Å²) in [4.78, 5) is 29.6. The van der Waals surface area contributed by atoms with Crippen LogP contribution in [0.4, 0.5) is 4.79 Å². The first kappa shape index (κ1) is 17.5. The lowest BCUT2D eigenvalue weighted by Gasteiger charge is -2.35. The van der Waals surface area contributed by atoms with Gasteiger partial charge in [-0.1, -0.05) is 11.6 Å². The van der Waals surface area contributed by atoms with Crippen LogP contribution in [0.5, 0.6) is 0 Å². The molecule has 1 fully saturated rings. The summed E-state index contributed by atoms with van der Waals surface area (Å²) in [5, 5.41) is 2.24. The summed E-state index contributed by atoms with van der Waals surface area (Å²) in [7, 11) is 0. The van der Waals surface area contributed by atoms with Crippen molar-refractivity contribution in [2.24, 2.45) is 0 Å². The van der Waals surface area contributed by atoms with Crippen molar-refractivity contribution in [3.8, 4) is 0 Å². The Morgan fingerprint density at radius 1 is 1.22 bits per heavy atom. The third-order valence-electron chi connectivity index (χ3n) is 3.15. The van der Waals surface area contributed by atoms with Gasteiger partial charge in [0.05, 0.1) is 5.02 Å². The number of piperazine rings is 1. The largest absolute Gasteiger partial charge is 0.444 e. The monoisotopic (exact) mass is 340 g/mol. The van der Waals surface area contributed by atoms with Crippen molar-refractivity contribution >= 4 is 23.6 Å². The summed E-state index contributed by atoms with van der Waals surface area (Å²) >= 11 is 5.75. The molecule has 2 heterocycles. The van der Waals surface area contributed by atoms with E-state index in [1.54, 1.807) is 22.0 Å². The minimum Gasteiger partial charge on any atom is -0.444 e. The number of carbonyl (C=O) groups is 2. The van der Waals surface area contributed by atoms with Gasteiger partial charge in [-0.25, -0.2) is 14.8 Å². The Balaban J connectivity index is 1.81. The van der Waals surface area contributed by atoms with E-state index in [1.165, 1.54) is 6.20 Å². The fourth-order valence-electron chi connectivity index (χ4n) is 2.04. The molecule has 0 unspecified atom stereocenters. The molecule has 0 aliphatic carbocycles. The minimum absolute atomic E-state index is 0.295. The Bertz CT molecular complexity index is 563. The first-order valence-electron chi connectivity index (χ1n) is 7.40. The van der Waals surface area contributed by atoms with Crippen LogP contribution in [-0.2, 0) is 4.74 Å². The molecule has 0 aromatic carbocycles. The fourth-order valence-corrected chi connectivity index (χ4v) is 2.15. The molecule has 0 radical (unpaired) electrons. The zero-order valence-corrected chi connectivity index (χ0v) is 14.3. The van der Waals surface area contributed by atoms with Crippen LogP contribution >= 0.6 is 11.6 Å². The number of hydrogen-bond acceptors (Lipinski definition) is 5. The molecule has 1 aliphatic heterocycles. The topological polar surface area (TPSA) is 74.8 Å². The maximum absolute atomic E-state index is 12.1. The molecule has 2 amide bonds. The Morgan fingerprint density at radius 2 is 1.87 bits per heavy atom. The number of nitrogens with one attached hydrogen (secondary N) is 1. The average Bonchev–Trinajstić information content (AvgIpc) is 2.46. The molecule has 1 N–H and O–H groups in total. The Labute approximate surface area is 140 Å². The van der Waals surface area contributed by atoms with Gasteiger partial charge in [0.15, 0.2) is 0 Å². The molecule has 0 spiro atoms. The molecule has 1 aromatic heterocycles. The van der Waals surface area contributed by atoms with Crippen molar-refractivity contribution in [1.29, 1.82) is 0 Å². The van der Waals surface area contributed by atoms with E-state index < -0.39 is 5.60 Å². The highest BCUT2D eigenvalue weighted by molar-refractivity contribution is 6.30. The van der Waals surface area contributed by atoms with Gasteiger partial charge < -0.3 is 9.64 Å². The van der Waals surface area contributed by atoms with Crippen LogP contribution in [0.15, 0.2) is 18.3 Å². The third-order valence-corrected chi connectivity index (χ3v) is 3.37. The lowest BCUT2D eigenvalue weighted by atomic mass is 10.2. The molecule has 1 aromatic rings. The molecule has 23 heavy (non-hydrogen) atoms. The van der Waals surface area contributed by atoms with Crippen LogP contribution in [0.1, 0.15) is 31.3 Å². The number of rotatable bonds is 2. The second kappa shape index (κ2) is 7.14. The van der Waals surface area contributed by atoms with E-state index in [0.29, 0.717) is 36.9 Å². The number of carbonyl (C=O) groups excluding carboxylic acids is 2. The zero-order valence-electron chi connectivity index (χ0n) is 13.5. The van der Waals surface area contributed by atoms with Crippen molar-refractivity contribution < 1.29 is 14.3 Å². The molecular weight excluding hydrogens is 320 g/mol. The van der Waals surface area contributed by atoms with Crippen molar-refractivity contribution in [1.82, 2.24) is 20.3 Å². The highest BCUT2D eigenvalue weighted by Crippen LogP contribution is 2.11. The molecule has 0 saturated carbocycles. The van der Waals surface area contributed by atoms with Gasteiger partial charge in [0.2, 0.25) is 0 Å². The molecule has 7 nitrogen and oxygen atoms in total. The van der Waals surface area contributed by atoms with Crippen molar-refractivity contribution in [3.63, 3.8) is 0 Å². The SMILES string of the molecule is CC(C)(C)OC(=O)N1CCN(NC(=O)c2ccc(Cl)cn2)CC1. The van der Waals surface area contributed by atoms with Crippen LogP contribution in [0, 0.1) is 0 Å². The predicted octanol–water partition coefficient (Wildman–Crippen LogP) is 1.93. The maximum Gasteiger partial charge on any atom is 0.410 e. The number of pyridine rings is 1. The van der Waals surface area contributed by atoms with E-state index in [-0.39, 0.29) is 12.0 Å². The van der Waals surface area contributed by atoms with Gasteiger partial charge in [-0.15, -0.1) is 0 Å². The summed E-state index contributed by atoms with van der Waals surface area (Å²) in [6, 6.07) is 3.18. The Kier molecular flexibility index (Phi) is 5.43. The van der Waals surface area contributed by atoms with E-state index in [2.05, 4.69) is 10.4 Å². The van der Waals surface area contributed by atoms with Gasteiger partial charge in [-0.05, 0) is 32.9 Å². The van der Waals surface area contributed by atoms with Gasteiger partial charge in [-0.2, -0.15) is 0 Å². The first-order chi connectivity index (χ1) is 10.7. The van der Waals surface area contributed by atoms with Crippen LogP contribution in [0.3, 0.4) is 0 Å². The quantitative estimate of drug-likeness (QED) is 0.890. The Morgan fingerprint density at radius 3 is 2.39 bits per heavy atom.